The monoisotopic (exact) mass is 223 g/mol. The van der Waals surface area contributed by atoms with Crippen molar-refractivity contribution in [2.75, 3.05) is 13.6 Å². The van der Waals surface area contributed by atoms with E-state index in [1.807, 2.05) is 0 Å². The van der Waals surface area contributed by atoms with Crippen LogP contribution in [0.2, 0.25) is 0 Å². The molecule has 16 heavy (non-hydrogen) atoms. The Kier molecular flexibility index (Phi) is 3.93. The molecule has 1 aromatic rings. The maximum atomic E-state index is 11.7. The Morgan fingerprint density at radius 1 is 1.38 bits per heavy atom. The second-order valence-corrected chi connectivity index (χ2v) is 3.43. The summed E-state index contributed by atoms with van der Waals surface area (Å²) in [4.78, 5) is 23.4. The predicted molar refractivity (Wildman–Crippen MR) is 56.0 cm³/mol. The van der Waals surface area contributed by atoms with Crippen LogP contribution in [-0.4, -0.2) is 45.7 Å². The number of rotatable bonds is 4. The van der Waals surface area contributed by atoms with E-state index in [0.717, 1.165) is 5.69 Å². The Bertz CT molecular complexity index is 389. The van der Waals surface area contributed by atoms with E-state index >= 15 is 0 Å². The van der Waals surface area contributed by atoms with Crippen molar-refractivity contribution in [3.8, 4) is 0 Å². The van der Waals surface area contributed by atoms with Crippen LogP contribution in [0.5, 0.6) is 0 Å². The molecular formula is C10H13N3O3. The number of carbonyl (C=O) groups excluding carboxylic acids is 1. The fraction of sp³-hybridized carbons (Fsp3) is 0.400. The summed E-state index contributed by atoms with van der Waals surface area (Å²) in [5.74, 6) is -1.26. The molecule has 0 unspecified atom stereocenters. The summed E-state index contributed by atoms with van der Waals surface area (Å²) in [6.45, 7) is 1.93. The SMILES string of the molecule is Cc1ccc(C(=O)N(C)CCC(=O)O)nn1. The Labute approximate surface area is 92.9 Å². The zero-order valence-corrected chi connectivity index (χ0v) is 9.17. The van der Waals surface area contributed by atoms with Gasteiger partial charge in [-0.2, -0.15) is 5.10 Å². The van der Waals surface area contributed by atoms with Gasteiger partial charge < -0.3 is 10.0 Å². The molecule has 0 fully saturated rings. The van der Waals surface area contributed by atoms with Crippen molar-refractivity contribution < 1.29 is 14.7 Å². The molecule has 1 amide bonds. The lowest BCUT2D eigenvalue weighted by atomic mass is 10.3. The third-order valence-corrected chi connectivity index (χ3v) is 2.02. The summed E-state index contributed by atoms with van der Waals surface area (Å²) in [6, 6.07) is 3.26. The van der Waals surface area contributed by atoms with Crippen LogP contribution in [0.4, 0.5) is 0 Å². The average molecular weight is 223 g/mol. The summed E-state index contributed by atoms with van der Waals surface area (Å²) in [5, 5.41) is 16.0. The fourth-order valence-electron chi connectivity index (χ4n) is 1.07. The van der Waals surface area contributed by atoms with E-state index in [1.165, 1.54) is 11.9 Å². The van der Waals surface area contributed by atoms with Gasteiger partial charge in [0, 0.05) is 13.6 Å². The largest absolute Gasteiger partial charge is 0.481 e. The quantitative estimate of drug-likeness (QED) is 0.795. The van der Waals surface area contributed by atoms with E-state index in [9.17, 15) is 9.59 Å². The topological polar surface area (TPSA) is 83.4 Å². The Balaban J connectivity index is 2.63. The van der Waals surface area contributed by atoms with E-state index in [4.69, 9.17) is 5.11 Å². The van der Waals surface area contributed by atoms with Gasteiger partial charge in [0.25, 0.3) is 5.91 Å². The van der Waals surface area contributed by atoms with Crippen LogP contribution >= 0.6 is 0 Å². The number of hydrogen-bond acceptors (Lipinski definition) is 4. The first kappa shape index (κ1) is 12.1. The summed E-state index contributed by atoms with van der Waals surface area (Å²) in [6.07, 6.45) is -0.0818. The van der Waals surface area contributed by atoms with Gasteiger partial charge in [0.05, 0.1) is 12.1 Å². The molecule has 1 rings (SSSR count). The van der Waals surface area contributed by atoms with Crippen LogP contribution in [0.15, 0.2) is 12.1 Å². The molecular weight excluding hydrogens is 210 g/mol. The van der Waals surface area contributed by atoms with Crippen molar-refractivity contribution in [3.05, 3.63) is 23.5 Å². The van der Waals surface area contributed by atoms with Gasteiger partial charge in [-0.05, 0) is 19.1 Å². The van der Waals surface area contributed by atoms with Crippen molar-refractivity contribution in [2.24, 2.45) is 0 Å². The highest BCUT2D eigenvalue weighted by molar-refractivity contribution is 5.92. The van der Waals surface area contributed by atoms with Gasteiger partial charge in [-0.1, -0.05) is 0 Å². The highest BCUT2D eigenvalue weighted by Gasteiger charge is 2.14. The number of aromatic nitrogens is 2. The van der Waals surface area contributed by atoms with Gasteiger partial charge in [-0.25, -0.2) is 0 Å². The number of amides is 1. The van der Waals surface area contributed by atoms with Crippen molar-refractivity contribution in [2.45, 2.75) is 13.3 Å². The molecule has 0 aromatic carbocycles. The molecule has 0 saturated heterocycles. The molecule has 0 aliphatic heterocycles. The van der Waals surface area contributed by atoms with E-state index in [2.05, 4.69) is 10.2 Å². The first-order valence-corrected chi connectivity index (χ1v) is 4.78. The van der Waals surface area contributed by atoms with Gasteiger partial charge in [0.1, 0.15) is 0 Å². The Hall–Kier alpha value is -1.98. The van der Waals surface area contributed by atoms with Crippen molar-refractivity contribution in [3.63, 3.8) is 0 Å². The maximum absolute atomic E-state index is 11.7. The first-order chi connectivity index (χ1) is 7.50. The molecule has 6 heteroatoms. The highest BCUT2D eigenvalue weighted by atomic mass is 16.4. The molecule has 1 aromatic heterocycles. The molecule has 0 saturated carbocycles. The van der Waals surface area contributed by atoms with Gasteiger partial charge in [0.2, 0.25) is 0 Å². The minimum Gasteiger partial charge on any atom is -0.481 e. The summed E-state index contributed by atoms with van der Waals surface area (Å²) < 4.78 is 0. The zero-order valence-electron chi connectivity index (χ0n) is 9.17. The molecule has 0 atom stereocenters. The number of carboxylic acids is 1. The van der Waals surface area contributed by atoms with E-state index in [-0.39, 0.29) is 24.6 Å². The third-order valence-electron chi connectivity index (χ3n) is 2.02. The lowest BCUT2D eigenvalue weighted by Gasteiger charge is -2.14. The fourth-order valence-corrected chi connectivity index (χ4v) is 1.07. The van der Waals surface area contributed by atoms with Crippen LogP contribution < -0.4 is 0 Å². The molecule has 1 heterocycles. The van der Waals surface area contributed by atoms with Crippen LogP contribution in [0.3, 0.4) is 0 Å². The normalized spacial score (nSPS) is 9.88. The molecule has 0 spiro atoms. The number of carbonyl (C=O) groups is 2. The first-order valence-electron chi connectivity index (χ1n) is 4.78. The smallest absolute Gasteiger partial charge is 0.305 e. The minimum absolute atomic E-state index is 0.0818. The summed E-state index contributed by atoms with van der Waals surface area (Å²) >= 11 is 0. The van der Waals surface area contributed by atoms with Gasteiger partial charge in [-0.3, -0.25) is 9.59 Å². The van der Waals surface area contributed by atoms with Crippen molar-refractivity contribution in [1.29, 1.82) is 0 Å². The van der Waals surface area contributed by atoms with Crippen LogP contribution in [0.1, 0.15) is 22.6 Å². The number of carboxylic acid groups (broad SMARTS) is 1. The number of aliphatic carboxylic acids is 1. The summed E-state index contributed by atoms with van der Waals surface area (Å²) in [7, 11) is 1.53. The highest BCUT2D eigenvalue weighted by Crippen LogP contribution is 2.00. The molecule has 0 bridgehead atoms. The van der Waals surface area contributed by atoms with E-state index in [1.54, 1.807) is 19.1 Å². The molecule has 6 nitrogen and oxygen atoms in total. The summed E-state index contributed by atoms with van der Waals surface area (Å²) in [5.41, 5.74) is 0.947. The predicted octanol–water partition coefficient (Wildman–Crippen LogP) is 0.332. The number of hydrogen-bond donors (Lipinski definition) is 1. The molecule has 0 radical (unpaired) electrons. The molecule has 0 aliphatic carbocycles. The van der Waals surface area contributed by atoms with Crippen LogP contribution in [-0.2, 0) is 4.79 Å². The van der Waals surface area contributed by atoms with Crippen LogP contribution in [0.25, 0.3) is 0 Å². The van der Waals surface area contributed by atoms with Crippen molar-refractivity contribution in [1.82, 2.24) is 15.1 Å². The minimum atomic E-state index is -0.936. The third kappa shape index (κ3) is 3.30. The maximum Gasteiger partial charge on any atom is 0.305 e. The van der Waals surface area contributed by atoms with Gasteiger partial charge in [0.15, 0.2) is 5.69 Å². The van der Waals surface area contributed by atoms with Crippen LogP contribution in [0, 0.1) is 6.92 Å². The molecule has 0 aliphatic rings. The van der Waals surface area contributed by atoms with Crippen molar-refractivity contribution >= 4 is 11.9 Å². The van der Waals surface area contributed by atoms with Gasteiger partial charge in [-0.15, -0.1) is 5.10 Å². The van der Waals surface area contributed by atoms with Gasteiger partial charge >= 0.3 is 5.97 Å². The van der Waals surface area contributed by atoms with E-state index < -0.39 is 5.97 Å². The molecule has 86 valence electrons. The average Bonchev–Trinajstić information content (AvgIpc) is 2.26. The number of aryl methyl sites for hydroxylation is 1. The Morgan fingerprint density at radius 2 is 2.06 bits per heavy atom. The molecule has 1 N–H and O–H groups in total. The second-order valence-electron chi connectivity index (χ2n) is 3.43. The number of nitrogens with zero attached hydrogens (tertiary/aromatic N) is 3. The standard InChI is InChI=1S/C10H13N3O3/c1-7-3-4-8(12-11-7)10(16)13(2)6-5-9(14)15/h3-4H,5-6H2,1-2H3,(H,14,15). The zero-order chi connectivity index (χ0) is 12.1. The van der Waals surface area contributed by atoms with E-state index in [0.29, 0.717) is 0 Å². The lowest BCUT2D eigenvalue weighted by molar-refractivity contribution is -0.137. The second kappa shape index (κ2) is 5.20. The lowest BCUT2D eigenvalue weighted by Crippen LogP contribution is -2.29. The Morgan fingerprint density at radius 3 is 2.56 bits per heavy atom.